The van der Waals surface area contributed by atoms with Crippen molar-refractivity contribution in [3.8, 4) is 0 Å². The van der Waals surface area contributed by atoms with Crippen molar-refractivity contribution in [2.24, 2.45) is 11.7 Å². The van der Waals surface area contributed by atoms with Gasteiger partial charge in [-0.05, 0) is 30.0 Å². The summed E-state index contributed by atoms with van der Waals surface area (Å²) in [4.78, 5) is 22.8. The van der Waals surface area contributed by atoms with Crippen molar-refractivity contribution in [3.63, 3.8) is 0 Å². The fraction of sp³-hybridized carbons (Fsp3) is 0.467. The summed E-state index contributed by atoms with van der Waals surface area (Å²) < 4.78 is 37.3. The minimum absolute atomic E-state index is 0.145. The molecule has 23 heavy (non-hydrogen) atoms. The lowest BCUT2D eigenvalue weighted by Gasteiger charge is -2.20. The quantitative estimate of drug-likeness (QED) is 0.745. The van der Waals surface area contributed by atoms with Gasteiger partial charge >= 0.3 is 12.2 Å². The molecule has 8 heteroatoms. The number of alkyl halides is 3. The van der Waals surface area contributed by atoms with Crippen molar-refractivity contribution in [1.29, 1.82) is 0 Å². The SMILES string of the molecule is CC(C)[C@H](NC(N)=O)C(=O)NCCc1ccc(C(F)(F)F)cc1. The fourth-order valence-electron chi connectivity index (χ4n) is 1.99. The van der Waals surface area contributed by atoms with Crippen LogP contribution in [0.2, 0.25) is 0 Å². The molecule has 0 aromatic heterocycles. The van der Waals surface area contributed by atoms with Crippen LogP contribution < -0.4 is 16.4 Å². The van der Waals surface area contributed by atoms with Crippen LogP contribution in [0.4, 0.5) is 18.0 Å². The Labute approximate surface area is 132 Å². The van der Waals surface area contributed by atoms with Crippen molar-refractivity contribution in [3.05, 3.63) is 35.4 Å². The maximum absolute atomic E-state index is 12.4. The number of primary amides is 1. The van der Waals surface area contributed by atoms with Gasteiger partial charge in [0.15, 0.2) is 0 Å². The second-order valence-corrected chi connectivity index (χ2v) is 5.47. The van der Waals surface area contributed by atoms with E-state index in [4.69, 9.17) is 5.73 Å². The van der Waals surface area contributed by atoms with Gasteiger partial charge in [0.1, 0.15) is 6.04 Å². The highest BCUT2D eigenvalue weighted by Crippen LogP contribution is 2.29. The fourth-order valence-corrected chi connectivity index (χ4v) is 1.99. The molecule has 0 spiro atoms. The average molecular weight is 331 g/mol. The van der Waals surface area contributed by atoms with E-state index >= 15 is 0 Å². The molecule has 0 radical (unpaired) electrons. The number of amides is 3. The van der Waals surface area contributed by atoms with E-state index in [1.54, 1.807) is 13.8 Å². The standard InChI is InChI=1S/C15H20F3N3O2/c1-9(2)12(21-14(19)23)13(22)20-8-7-10-3-5-11(6-4-10)15(16,17)18/h3-6,9,12H,7-8H2,1-2H3,(H,20,22)(H3,19,21,23)/t12-/m0/s1. The van der Waals surface area contributed by atoms with Crippen LogP contribution in [0.1, 0.15) is 25.0 Å². The van der Waals surface area contributed by atoms with Crippen molar-refractivity contribution in [2.75, 3.05) is 6.54 Å². The molecule has 0 aliphatic rings. The normalized spacial score (nSPS) is 12.8. The monoisotopic (exact) mass is 331 g/mol. The predicted molar refractivity (Wildman–Crippen MR) is 79.5 cm³/mol. The molecular formula is C15H20F3N3O2. The van der Waals surface area contributed by atoms with Gasteiger partial charge in [-0.3, -0.25) is 4.79 Å². The summed E-state index contributed by atoms with van der Waals surface area (Å²) in [6.07, 6.45) is -3.98. The zero-order valence-electron chi connectivity index (χ0n) is 12.9. The van der Waals surface area contributed by atoms with Gasteiger partial charge in [-0.2, -0.15) is 13.2 Å². The lowest BCUT2D eigenvalue weighted by Crippen LogP contribution is -2.51. The van der Waals surface area contributed by atoms with Crippen LogP contribution in [0.5, 0.6) is 0 Å². The van der Waals surface area contributed by atoms with Crippen LogP contribution in [-0.4, -0.2) is 24.5 Å². The Balaban J connectivity index is 2.52. The maximum Gasteiger partial charge on any atom is 0.416 e. The second-order valence-electron chi connectivity index (χ2n) is 5.47. The number of rotatable bonds is 6. The molecule has 0 aliphatic heterocycles. The number of nitrogens with one attached hydrogen (secondary N) is 2. The van der Waals surface area contributed by atoms with E-state index in [9.17, 15) is 22.8 Å². The Morgan fingerprint density at radius 1 is 1.17 bits per heavy atom. The molecule has 1 rings (SSSR count). The van der Waals surface area contributed by atoms with Crippen LogP contribution >= 0.6 is 0 Å². The molecule has 0 bridgehead atoms. The molecule has 3 amide bonds. The van der Waals surface area contributed by atoms with Crippen LogP contribution in [0.15, 0.2) is 24.3 Å². The van der Waals surface area contributed by atoms with E-state index in [-0.39, 0.29) is 18.4 Å². The minimum Gasteiger partial charge on any atom is -0.354 e. The second kappa shape index (κ2) is 7.85. The van der Waals surface area contributed by atoms with Crippen LogP contribution in [0, 0.1) is 5.92 Å². The topological polar surface area (TPSA) is 84.2 Å². The smallest absolute Gasteiger partial charge is 0.354 e. The molecule has 0 aliphatic carbocycles. The summed E-state index contributed by atoms with van der Waals surface area (Å²) in [5.41, 5.74) is 4.97. The average Bonchev–Trinajstić information content (AvgIpc) is 2.43. The van der Waals surface area contributed by atoms with E-state index in [0.717, 1.165) is 12.1 Å². The van der Waals surface area contributed by atoms with Gasteiger partial charge in [0.2, 0.25) is 5.91 Å². The van der Waals surface area contributed by atoms with Gasteiger partial charge in [-0.15, -0.1) is 0 Å². The number of nitrogens with two attached hydrogens (primary N) is 1. The summed E-state index contributed by atoms with van der Waals surface area (Å²) in [7, 11) is 0. The number of halogens is 3. The highest BCUT2D eigenvalue weighted by molar-refractivity contribution is 5.86. The number of hydrogen-bond acceptors (Lipinski definition) is 2. The molecule has 0 unspecified atom stereocenters. The van der Waals surface area contributed by atoms with Crippen molar-refractivity contribution >= 4 is 11.9 Å². The summed E-state index contributed by atoms with van der Waals surface area (Å²) in [6, 6.07) is 3.21. The van der Waals surface area contributed by atoms with Crippen LogP contribution in [-0.2, 0) is 17.4 Å². The Morgan fingerprint density at radius 2 is 1.74 bits per heavy atom. The van der Waals surface area contributed by atoms with Gasteiger partial charge in [0.25, 0.3) is 0 Å². The van der Waals surface area contributed by atoms with Crippen molar-refractivity contribution < 1.29 is 22.8 Å². The predicted octanol–water partition coefficient (Wildman–Crippen LogP) is 2.06. The molecule has 0 fully saturated rings. The third kappa shape index (κ3) is 6.17. The highest BCUT2D eigenvalue weighted by atomic mass is 19.4. The number of carbonyl (C=O) groups is 2. The van der Waals surface area contributed by atoms with E-state index in [2.05, 4.69) is 10.6 Å². The summed E-state index contributed by atoms with van der Waals surface area (Å²) in [6.45, 7) is 3.76. The number of benzene rings is 1. The number of urea groups is 1. The van der Waals surface area contributed by atoms with E-state index < -0.39 is 23.8 Å². The first-order valence-corrected chi connectivity index (χ1v) is 7.11. The zero-order valence-corrected chi connectivity index (χ0v) is 12.9. The van der Waals surface area contributed by atoms with E-state index in [1.165, 1.54) is 12.1 Å². The zero-order chi connectivity index (χ0) is 17.6. The molecule has 0 heterocycles. The van der Waals surface area contributed by atoms with Gasteiger partial charge in [-0.1, -0.05) is 26.0 Å². The Bertz CT molecular complexity index is 542. The molecule has 0 saturated heterocycles. The largest absolute Gasteiger partial charge is 0.416 e. The summed E-state index contributed by atoms with van der Waals surface area (Å²) in [5.74, 6) is -0.528. The van der Waals surface area contributed by atoms with Gasteiger partial charge in [0, 0.05) is 6.54 Å². The first-order valence-electron chi connectivity index (χ1n) is 7.11. The maximum atomic E-state index is 12.4. The molecule has 1 aromatic rings. The third-order valence-corrected chi connectivity index (χ3v) is 3.24. The lowest BCUT2D eigenvalue weighted by atomic mass is 10.0. The van der Waals surface area contributed by atoms with E-state index in [1.807, 2.05) is 0 Å². The Morgan fingerprint density at radius 3 is 2.17 bits per heavy atom. The Hall–Kier alpha value is -2.25. The van der Waals surface area contributed by atoms with Gasteiger partial charge < -0.3 is 16.4 Å². The number of hydrogen-bond donors (Lipinski definition) is 3. The summed E-state index contributed by atoms with van der Waals surface area (Å²) in [5, 5.41) is 4.98. The van der Waals surface area contributed by atoms with Crippen molar-refractivity contribution in [2.45, 2.75) is 32.5 Å². The molecular weight excluding hydrogens is 311 g/mol. The molecule has 4 N–H and O–H groups in total. The first-order chi connectivity index (χ1) is 10.6. The van der Waals surface area contributed by atoms with Gasteiger partial charge in [0.05, 0.1) is 5.56 Å². The first kappa shape index (κ1) is 18.8. The highest BCUT2D eigenvalue weighted by Gasteiger charge is 2.29. The minimum atomic E-state index is -4.36. The number of carbonyl (C=O) groups excluding carboxylic acids is 2. The van der Waals surface area contributed by atoms with Crippen LogP contribution in [0.3, 0.4) is 0 Å². The lowest BCUT2D eigenvalue weighted by molar-refractivity contribution is -0.137. The molecule has 1 aromatic carbocycles. The molecule has 0 saturated carbocycles. The Kier molecular flexibility index (Phi) is 6.41. The molecule has 5 nitrogen and oxygen atoms in total. The van der Waals surface area contributed by atoms with Crippen LogP contribution in [0.25, 0.3) is 0 Å². The van der Waals surface area contributed by atoms with Gasteiger partial charge in [-0.25, -0.2) is 4.79 Å². The molecule has 128 valence electrons. The summed E-state index contributed by atoms with van der Waals surface area (Å²) >= 11 is 0. The van der Waals surface area contributed by atoms with Crippen molar-refractivity contribution in [1.82, 2.24) is 10.6 Å². The van der Waals surface area contributed by atoms with E-state index in [0.29, 0.717) is 12.0 Å². The molecule has 1 atom stereocenters. The third-order valence-electron chi connectivity index (χ3n) is 3.24.